The molecular weight excluding hydrogens is 373 g/mol. The highest BCUT2D eigenvalue weighted by Crippen LogP contribution is 2.44. The van der Waals surface area contributed by atoms with Gasteiger partial charge in [-0.1, -0.05) is 48.5 Å². The van der Waals surface area contributed by atoms with Gasteiger partial charge in [0.2, 0.25) is 0 Å². The first-order chi connectivity index (χ1) is 14.0. The van der Waals surface area contributed by atoms with Crippen LogP contribution >= 0.6 is 0 Å². The topological polar surface area (TPSA) is 75.6 Å². The minimum atomic E-state index is -1.36. The van der Waals surface area contributed by atoms with Crippen LogP contribution in [0.3, 0.4) is 0 Å². The van der Waals surface area contributed by atoms with Crippen LogP contribution in [0.1, 0.15) is 33.0 Å². The number of fused-ring (bicyclic) bond motifs is 3. The van der Waals surface area contributed by atoms with Crippen molar-refractivity contribution in [1.29, 1.82) is 0 Å². The molecule has 0 radical (unpaired) electrons. The Labute approximate surface area is 166 Å². The number of halogens is 1. The summed E-state index contributed by atoms with van der Waals surface area (Å²) in [5.74, 6) is -2.33. The fraction of sp³-hybridized carbons (Fsp3) is 0.130. The average Bonchev–Trinajstić information content (AvgIpc) is 3.03. The first-order valence-electron chi connectivity index (χ1n) is 9.11. The number of carbonyl (C=O) groups is 2. The zero-order valence-corrected chi connectivity index (χ0v) is 15.6. The summed E-state index contributed by atoms with van der Waals surface area (Å²) in [7, 11) is 0. The molecule has 1 aliphatic carbocycles. The molecule has 2 N–H and O–H groups in total. The minimum Gasteiger partial charge on any atom is -0.478 e. The third-order valence-electron chi connectivity index (χ3n) is 5.20. The van der Waals surface area contributed by atoms with Crippen LogP contribution in [-0.2, 0) is 4.74 Å². The van der Waals surface area contributed by atoms with Gasteiger partial charge in [-0.05, 0) is 41.3 Å². The lowest BCUT2D eigenvalue weighted by Gasteiger charge is -2.15. The molecule has 0 heterocycles. The van der Waals surface area contributed by atoms with E-state index in [0.717, 1.165) is 28.3 Å². The van der Waals surface area contributed by atoms with E-state index in [1.165, 1.54) is 13.0 Å². The van der Waals surface area contributed by atoms with Gasteiger partial charge >= 0.3 is 12.1 Å². The Morgan fingerprint density at radius 3 is 2.17 bits per heavy atom. The lowest BCUT2D eigenvalue weighted by Crippen LogP contribution is -2.19. The second-order valence-corrected chi connectivity index (χ2v) is 6.86. The molecule has 6 heteroatoms. The Hall–Kier alpha value is -3.67. The fourth-order valence-electron chi connectivity index (χ4n) is 3.73. The van der Waals surface area contributed by atoms with Crippen molar-refractivity contribution in [1.82, 2.24) is 0 Å². The van der Waals surface area contributed by atoms with Crippen molar-refractivity contribution in [3.63, 3.8) is 0 Å². The second kappa shape index (κ2) is 7.39. The van der Waals surface area contributed by atoms with Crippen molar-refractivity contribution in [3.8, 4) is 11.1 Å². The smallest absolute Gasteiger partial charge is 0.411 e. The molecule has 0 fully saturated rings. The van der Waals surface area contributed by atoms with Crippen molar-refractivity contribution < 1.29 is 23.8 Å². The highest BCUT2D eigenvalue weighted by atomic mass is 19.1. The van der Waals surface area contributed by atoms with Gasteiger partial charge in [0.15, 0.2) is 0 Å². The number of carboxylic acid groups (broad SMARTS) is 1. The molecular formula is C23H18FNO4. The molecule has 0 bridgehead atoms. The van der Waals surface area contributed by atoms with Crippen LogP contribution in [0.4, 0.5) is 14.9 Å². The molecule has 0 aliphatic heterocycles. The molecule has 146 valence electrons. The SMILES string of the molecule is Cc1c(NC(=O)OCC2c3ccccc3-c3ccccc32)ccc(C(=O)O)c1F. The molecule has 0 atom stereocenters. The summed E-state index contributed by atoms with van der Waals surface area (Å²) in [6.07, 6.45) is -0.725. The summed E-state index contributed by atoms with van der Waals surface area (Å²) in [6.45, 7) is 1.54. The number of carboxylic acids is 1. The van der Waals surface area contributed by atoms with E-state index >= 15 is 0 Å². The summed E-state index contributed by atoms with van der Waals surface area (Å²) in [5, 5.41) is 11.5. The van der Waals surface area contributed by atoms with Gasteiger partial charge in [-0.15, -0.1) is 0 Å². The van der Waals surface area contributed by atoms with Crippen molar-refractivity contribution in [2.75, 3.05) is 11.9 Å². The Bertz CT molecular complexity index is 1080. The Morgan fingerprint density at radius 2 is 1.59 bits per heavy atom. The fourth-order valence-corrected chi connectivity index (χ4v) is 3.73. The molecule has 0 saturated heterocycles. The quantitative estimate of drug-likeness (QED) is 0.641. The summed E-state index contributed by atoms with van der Waals surface area (Å²) < 4.78 is 19.6. The van der Waals surface area contributed by atoms with E-state index in [1.807, 2.05) is 48.5 Å². The van der Waals surface area contributed by atoms with E-state index in [0.29, 0.717) is 0 Å². The van der Waals surface area contributed by atoms with E-state index in [-0.39, 0.29) is 23.8 Å². The number of hydrogen-bond donors (Lipinski definition) is 2. The van der Waals surface area contributed by atoms with Gasteiger partial charge in [0.1, 0.15) is 12.4 Å². The van der Waals surface area contributed by atoms with Crippen LogP contribution in [0.25, 0.3) is 11.1 Å². The van der Waals surface area contributed by atoms with E-state index in [1.54, 1.807) is 0 Å². The predicted octanol–water partition coefficient (Wildman–Crippen LogP) is 5.19. The third kappa shape index (κ3) is 3.33. The third-order valence-corrected chi connectivity index (χ3v) is 5.20. The number of rotatable bonds is 4. The van der Waals surface area contributed by atoms with Gasteiger partial charge in [0, 0.05) is 17.2 Å². The Morgan fingerprint density at radius 1 is 1.00 bits per heavy atom. The van der Waals surface area contributed by atoms with E-state index < -0.39 is 23.4 Å². The molecule has 0 saturated carbocycles. The number of aromatic carboxylic acids is 1. The largest absolute Gasteiger partial charge is 0.478 e. The average molecular weight is 391 g/mol. The van der Waals surface area contributed by atoms with Crippen LogP contribution in [0.2, 0.25) is 0 Å². The van der Waals surface area contributed by atoms with Crippen LogP contribution < -0.4 is 5.32 Å². The first kappa shape index (κ1) is 18.7. The monoisotopic (exact) mass is 391 g/mol. The number of benzene rings is 3. The molecule has 29 heavy (non-hydrogen) atoms. The molecule has 0 spiro atoms. The highest BCUT2D eigenvalue weighted by Gasteiger charge is 2.29. The Kier molecular flexibility index (Phi) is 4.76. The van der Waals surface area contributed by atoms with Gasteiger partial charge in [-0.2, -0.15) is 0 Å². The number of hydrogen-bond acceptors (Lipinski definition) is 3. The number of nitrogens with one attached hydrogen (secondary N) is 1. The van der Waals surface area contributed by atoms with Crippen molar-refractivity contribution in [3.05, 3.63) is 88.7 Å². The van der Waals surface area contributed by atoms with Crippen LogP contribution in [-0.4, -0.2) is 23.8 Å². The summed E-state index contributed by atoms with van der Waals surface area (Å²) in [5.41, 5.74) is 4.20. The Balaban J connectivity index is 1.50. The zero-order chi connectivity index (χ0) is 20.5. The maximum Gasteiger partial charge on any atom is 0.411 e. The van der Waals surface area contributed by atoms with E-state index in [2.05, 4.69) is 5.32 Å². The lowest BCUT2D eigenvalue weighted by atomic mass is 9.98. The summed E-state index contributed by atoms with van der Waals surface area (Å²) >= 11 is 0. The van der Waals surface area contributed by atoms with Crippen LogP contribution in [0.5, 0.6) is 0 Å². The zero-order valence-electron chi connectivity index (χ0n) is 15.6. The molecule has 3 aromatic rings. The standard InChI is InChI=1S/C23H18FNO4/c1-13-20(11-10-18(21(13)24)22(26)27)25-23(28)29-12-19-16-8-4-2-6-14(16)15-7-3-5-9-17(15)19/h2-11,19H,12H2,1H3,(H,25,28)(H,26,27). The highest BCUT2D eigenvalue weighted by molar-refractivity contribution is 5.91. The van der Waals surface area contributed by atoms with E-state index in [9.17, 15) is 14.0 Å². The first-order valence-corrected chi connectivity index (χ1v) is 9.11. The molecule has 4 rings (SSSR count). The van der Waals surface area contributed by atoms with Gasteiger partial charge in [0.05, 0.1) is 5.56 Å². The number of anilines is 1. The minimum absolute atomic E-state index is 0.0402. The predicted molar refractivity (Wildman–Crippen MR) is 107 cm³/mol. The molecule has 0 aromatic heterocycles. The normalized spacial score (nSPS) is 12.2. The van der Waals surface area contributed by atoms with Gasteiger partial charge in [0.25, 0.3) is 0 Å². The van der Waals surface area contributed by atoms with Gasteiger partial charge < -0.3 is 9.84 Å². The second-order valence-electron chi connectivity index (χ2n) is 6.86. The van der Waals surface area contributed by atoms with Gasteiger partial charge in [-0.3, -0.25) is 5.32 Å². The maximum atomic E-state index is 14.2. The van der Waals surface area contributed by atoms with Crippen molar-refractivity contribution in [2.45, 2.75) is 12.8 Å². The molecule has 5 nitrogen and oxygen atoms in total. The van der Waals surface area contributed by atoms with Crippen molar-refractivity contribution >= 4 is 17.7 Å². The molecule has 3 aromatic carbocycles. The number of carbonyl (C=O) groups excluding carboxylic acids is 1. The maximum absolute atomic E-state index is 14.2. The van der Waals surface area contributed by atoms with Gasteiger partial charge in [-0.25, -0.2) is 14.0 Å². The number of amides is 1. The number of ether oxygens (including phenoxy) is 1. The van der Waals surface area contributed by atoms with Crippen LogP contribution in [0, 0.1) is 12.7 Å². The van der Waals surface area contributed by atoms with Crippen molar-refractivity contribution in [2.24, 2.45) is 0 Å². The molecule has 1 amide bonds. The van der Waals surface area contributed by atoms with E-state index in [4.69, 9.17) is 9.84 Å². The summed E-state index contributed by atoms with van der Waals surface area (Å²) in [6, 6.07) is 18.5. The summed E-state index contributed by atoms with van der Waals surface area (Å²) in [4.78, 5) is 23.3. The van der Waals surface area contributed by atoms with Crippen LogP contribution in [0.15, 0.2) is 60.7 Å². The lowest BCUT2D eigenvalue weighted by molar-refractivity contribution is 0.0691. The molecule has 0 unspecified atom stereocenters. The molecule has 1 aliphatic rings.